The second-order valence-electron chi connectivity index (χ2n) is 4.59. The zero-order chi connectivity index (χ0) is 12.0. The lowest BCUT2D eigenvalue weighted by atomic mass is 10.2. The molecule has 1 aromatic rings. The fourth-order valence-corrected chi connectivity index (χ4v) is 1.59. The lowest BCUT2D eigenvalue weighted by molar-refractivity contribution is 0.572. The van der Waals surface area contributed by atoms with Gasteiger partial charge in [0.05, 0.1) is 5.69 Å². The molecule has 0 saturated carbocycles. The van der Waals surface area contributed by atoms with Crippen molar-refractivity contribution in [2.45, 2.75) is 34.2 Å². The molecule has 1 heterocycles. The first-order chi connectivity index (χ1) is 7.63. The van der Waals surface area contributed by atoms with Crippen molar-refractivity contribution in [1.82, 2.24) is 15.1 Å². The molecule has 0 aliphatic carbocycles. The minimum absolute atomic E-state index is 0.703. The average molecular weight is 221 g/mol. The second-order valence-corrected chi connectivity index (χ2v) is 4.59. The third kappa shape index (κ3) is 4.19. The van der Waals surface area contributed by atoms with Crippen LogP contribution in [0.3, 0.4) is 0 Å². The summed E-state index contributed by atoms with van der Waals surface area (Å²) in [5.74, 6) is 0.703. The van der Waals surface area contributed by atoms with Gasteiger partial charge in [0.25, 0.3) is 0 Å². The Balaban J connectivity index is 2.49. The van der Waals surface area contributed by atoms with Gasteiger partial charge in [0.2, 0.25) is 0 Å². The number of nitrogens with zero attached hydrogens (tertiary/aromatic N) is 2. The molecule has 0 fully saturated rings. The molecule has 0 amide bonds. The molecule has 3 heteroatoms. The topological polar surface area (TPSA) is 29.9 Å². The summed E-state index contributed by atoms with van der Waals surface area (Å²) in [7, 11) is 0. The summed E-state index contributed by atoms with van der Waals surface area (Å²) in [6, 6.07) is 2.05. The van der Waals surface area contributed by atoms with E-state index in [9.17, 15) is 0 Å². The van der Waals surface area contributed by atoms with Crippen molar-refractivity contribution in [3.8, 4) is 0 Å². The molecule has 90 valence electrons. The first-order valence-electron chi connectivity index (χ1n) is 6.03. The van der Waals surface area contributed by atoms with Crippen LogP contribution < -0.4 is 5.32 Å². The van der Waals surface area contributed by atoms with Gasteiger partial charge in [-0.3, -0.25) is 4.68 Å². The fraction of sp³-hybridized carbons (Fsp3) is 0.615. The van der Waals surface area contributed by atoms with Crippen LogP contribution in [0.25, 0.3) is 6.08 Å². The van der Waals surface area contributed by atoms with Gasteiger partial charge in [-0.15, -0.1) is 0 Å². The molecule has 0 spiro atoms. The predicted molar refractivity (Wildman–Crippen MR) is 69.3 cm³/mol. The zero-order valence-electron chi connectivity index (χ0n) is 10.8. The first-order valence-corrected chi connectivity index (χ1v) is 6.03. The standard InChI is InChI=1S/C13H23N3/c1-5-16-13(6-7-15-16)8-12(4)10-14-9-11(2)3/h6-8,11,14H,5,9-10H2,1-4H3/b12-8-. The zero-order valence-corrected chi connectivity index (χ0v) is 10.8. The molecular formula is C13H23N3. The van der Waals surface area contributed by atoms with E-state index in [2.05, 4.69) is 50.3 Å². The molecule has 0 unspecified atom stereocenters. The fourth-order valence-electron chi connectivity index (χ4n) is 1.59. The molecule has 1 rings (SSSR count). The van der Waals surface area contributed by atoms with Gasteiger partial charge < -0.3 is 5.32 Å². The first kappa shape index (κ1) is 13.0. The third-order valence-corrected chi connectivity index (χ3v) is 2.40. The van der Waals surface area contributed by atoms with E-state index in [0.717, 1.165) is 19.6 Å². The highest BCUT2D eigenvalue weighted by molar-refractivity contribution is 5.48. The summed E-state index contributed by atoms with van der Waals surface area (Å²) in [5, 5.41) is 7.68. The van der Waals surface area contributed by atoms with Crippen LogP contribution in [0.15, 0.2) is 17.8 Å². The SMILES string of the molecule is CCn1nccc1/C=C(/C)CNCC(C)C. The normalized spacial score (nSPS) is 12.4. The Bertz CT molecular complexity index is 337. The van der Waals surface area contributed by atoms with Crippen LogP contribution in [-0.4, -0.2) is 22.9 Å². The van der Waals surface area contributed by atoms with E-state index in [1.54, 1.807) is 0 Å². The molecule has 16 heavy (non-hydrogen) atoms. The monoisotopic (exact) mass is 221 g/mol. The van der Waals surface area contributed by atoms with Crippen molar-refractivity contribution in [1.29, 1.82) is 0 Å². The van der Waals surface area contributed by atoms with E-state index in [1.807, 2.05) is 10.9 Å². The van der Waals surface area contributed by atoms with E-state index in [4.69, 9.17) is 0 Å². The van der Waals surface area contributed by atoms with Crippen molar-refractivity contribution in [2.24, 2.45) is 5.92 Å². The molecule has 0 aliphatic rings. The van der Waals surface area contributed by atoms with Gasteiger partial charge in [-0.05, 0) is 38.5 Å². The summed E-state index contributed by atoms with van der Waals surface area (Å²) in [6.45, 7) is 11.6. The Hall–Kier alpha value is -1.09. The van der Waals surface area contributed by atoms with E-state index in [-0.39, 0.29) is 0 Å². The van der Waals surface area contributed by atoms with Crippen LogP contribution in [-0.2, 0) is 6.54 Å². The Labute approximate surface area is 98.5 Å². The van der Waals surface area contributed by atoms with E-state index in [0.29, 0.717) is 5.92 Å². The van der Waals surface area contributed by atoms with Crippen LogP contribution in [0.1, 0.15) is 33.4 Å². The van der Waals surface area contributed by atoms with Gasteiger partial charge in [-0.1, -0.05) is 19.4 Å². The van der Waals surface area contributed by atoms with Crippen LogP contribution in [0.2, 0.25) is 0 Å². The van der Waals surface area contributed by atoms with Crippen molar-refractivity contribution >= 4 is 6.08 Å². The molecule has 0 radical (unpaired) electrons. The summed E-state index contributed by atoms with van der Waals surface area (Å²) < 4.78 is 2.01. The smallest absolute Gasteiger partial charge is 0.0609 e. The molecule has 0 aliphatic heterocycles. The molecule has 0 aromatic carbocycles. The minimum atomic E-state index is 0.703. The molecule has 0 bridgehead atoms. The van der Waals surface area contributed by atoms with Crippen molar-refractivity contribution in [3.63, 3.8) is 0 Å². The molecule has 1 N–H and O–H groups in total. The molecule has 3 nitrogen and oxygen atoms in total. The van der Waals surface area contributed by atoms with E-state index < -0.39 is 0 Å². The molecule has 0 atom stereocenters. The summed E-state index contributed by atoms with van der Waals surface area (Å²) in [6.07, 6.45) is 4.05. The largest absolute Gasteiger partial charge is 0.313 e. The number of aryl methyl sites for hydroxylation is 1. The Morgan fingerprint density at radius 2 is 2.31 bits per heavy atom. The highest BCUT2D eigenvalue weighted by Crippen LogP contribution is 2.05. The van der Waals surface area contributed by atoms with Gasteiger partial charge >= 0.3 is 0 Å². The van der Waals surface area contributed by atoms with Gasteiger partial charge in [-0.2, -0.15) is 5.10 Å². The van der Waals surface area contributed by atoms with Crippen molar-refractivity contribution < 1.29 is 0 Å². The average Bonchev–Trinajstić information content (AvgIpc) is 2.64. The maximum atomic E-state index is 4.25. The van der Waals surface area contributed by atoms with Gasteiger partial charge in [0.15, 0.2) is 0 Å². The number of rotatable bonds is 6. The Kier molecular flexibility index (Phi) is 5.26. The van der Waals surface area contributed by atoms with Gasteiger partial charge in [0, 0.05) is 19.3 Å². The summed E-state index contributed by atoms with van der Waals surface area (Å²) >= 11 is 0. The van der Waals surface area contributed by atoms with Gasteiger partial charge in [-0.25, -0.2) is 0 Å². The van der Waals surface area contributed by atoms with Crippen LogP contribution >= 0.6 is 0 Å². The number of hydrogen-bond acceptors (Lipinski definition) is 2. The quantitative estimate of drug-likeness (QED) is 0.800. The summed E-state index contributed by atoms with van der Waals surface area (Å²) in [4.78, 5) is 0. The maximum Gasteiger partial charge on any atom is 0.0609 e. The van der Waals surface area contributed by atoms with E-state index >= 15 is 0 Å². The highest BCUT2D eigenvalue weighted by Gasteiger charge is 1.98. The molecular weight excluding hydrogens is 198 g/mol. The summed E-state index contributed by atoms with van der Waals surface area (Å²) in [5.41, 5.74) is 2.53. The van der Waals surface area contributed by atoms with Crippen LogP contribution in [0.4, 0.5) is 0 Å². The number of nitrogens with one attached hydrogen (secondary N) is 1. The Morgan fingerprint density at radius 3 is 2.94 bits per heavy atom. The predicted octanol–water partition coefficient (Wildman–Crippen LogP) is 2.55. The maximum absolute atomic E-state index is 4.25. The molecule has 0 saturated heterocycles. The minimum Gasteiger partial charge on any atom is -0.313 e. The Morgan fingerprint density at radius 1 is 1.56 bits per heavy atom. The highest BCUT2D eigenvalue weighted by atomic mass is 15.3. The van der Waals surface area contributed by atoms with Crippen LogP contribution in [0, 0.1) is 5.92 Å². The van der Waals surface area contributed by atoms with Gasteiger partial charge in [0.1, 0.15) is 0 Å². The van der Waals surface area contributed by atoms with Crippen LogP contribution in [0.5, 0.6) is 0 Å². The van der Waals surface area contributed by atoms with E-state index in [1.165, 1.54) is 11.3 Å². The lowest BCUT2D eigenvalue weighted by Gasteiger charge is -2.08. The second kappa shape index (κ2) is 6.48. The lowest BCUT2D eigenvalue weighted by Crippen LogP contribution is -2.21. The third-order valence-electron chi connectivity index (χ3n) is 2.40. The number of hydrogen-bond donors (Lipinski definition) is 1. The number of aromatic nitrogens is 2. The molecule has 1 aromatic heterocycles. The van der Waals surface area contributed by atoms with Crippen molar-refractivity contribution in [3.05, 3.63) is 23.5 Å². The van der Waals surface area contributed by atoms with Crippen molar-refractivity contribution in [2.75, 3.05) is 13.1 Å².